The van der Waals surface area contributed by atoms with Gasteiger partial charge in [-0.25, -0.2) is 9.98 Å². The second-order valence-electron chi connectivity index (χ2n) is 8.00. The SMILES string of the molecule is C=NC=N/C=C/c1nc2c(o1)CN(CC(=O)N1CCN(C3CCCC3)CC1)CC2.CC. The summed E-state index contributed by atoms with van der Waals surface area (Å²) in [6.07, 6.45) is 10.8. The molecule has 1 aliphatic carbocycles. The molecular formula is C23H36N6O2. The molecule has 1 saturated heterocycles. The quantitative estimate of drug-likeness (QED) is 0.514. The Hall–Kier alpha value is -2.32. The molecule has 4 rings (SSSR count). The monoisotopic (exact) mass is 428 g/mol. The fourth-order valence-corrected chi connectivity index (χ4v) is 4.56. The summed E-state index contributed by atoms with van der Waals surface area (Å²) in [5, 5.41) is 0. The van der Waals surface area contributed by atoms with Gasteiger partial charge in [-0.2, -0.15) is 0 Å². The summed E-state index contributed by atoms with van der Waals surface area (Å²) in [4.78, 5) is 31.5. The number of hydrogen-bond acceptors (Lipinski definition) is 6. The number of fused-ring (bicyclic) bond motifs is 1. The average molecular weight is 429 g/mol. The van der Waals surface area contributed by atoms with Crippen molar-refractivity contribution in [2.45, 2.75) is 58.5 Å². The lowest BCUT2D eigenvalue weighted by molar-refractivity contribution is -0.134. The molecule has 3 aliphatic rings. The van der Waals surface area contributed by atoms with E-state index in [-0.39, 0.29) is 5.91 Å². The summed E-state index contributed by atoms with van der Waals surface area (Å²) in [7, 11) is 0. The van der Waals surface area contributed by atoms with Crippen molar-refractivity contribution in [1.82, 2.24) is 19.7 Å². The van der Waals surface area contributed by atoms with Crippen LogP contribution in [0.4, 0.5) is 0 Å². The van der Waals surface area contributed by atoms with Gasteiger partial charge in [-0.05, 0) is 19.6 Å². The normalized spacial score (nSPS) is 20.8. The van der Waals surface area contributed by atoms with Crippen molar-refractivity contribution in [3.05, 3.63) is 23.5 Å². The smallest absolute Gasteiger partial charge is 0.236 e. The molecule has 3 heterocycles. The summed E-state index contributed by atoms with van der Waals surface area (Å²) in [6.45, 7) is 13.0. The molecule has 8 heteroatoms. The number of nitrogens with zero attached hydrogens (tertiary/aromatic N) is 6. The third kappa shape index (κ3) is 6.33. The molecule has 0 spiro atoms. The van der Waals surface area contributed by atoms with Crippen molar-refractivity contribution >= 4 is 25.0 Å². The number of amides is 1. The maximum absolute atomic E-state index is 12.8. The van der Waals surface area contributed by atoms with Crippen LogP contribution in [0, 0.1) is 0 Å². The molecule has 2 aliphatic heterocycles. The molecule has 31 heavy (non-hydrogen) atoms. The van der Waals surface area contributed by atoms with E-state index in [1.165, 1.54) is 32.0 Å². The van der Waals surface area contributed by atoms with Gasteiger partial charge in [0.2, 0.25) is 11.8 Å². The second-order valence-corrected chi connectivity index (χ2v) is 8.00. The molecule has 1 aromatic heterocycles. The number of rotatable bonds is 6. The average Bonchev–Trinajstić information content (AvgIpc) is 3.48. The van der Waals surface area contributed by atoms with Crippen LogP contribution in [0.1, 0.15) is 56.9 Å². The van der Waals surface area contributed by atoms with E-state index in [1.54, 1.807) is 12.3 Å². The van der Waals surface area contributed by atoms with Crippen LogP contribution in [0.15, 0.2) is 20.6 Å². The Bertz CT molecular complexity index is 773. The Morgan fingerprint density at radius 2 is 1.94 bits per heavy atom. The topological polar surface area (TPSA) is 77.5 Å². The molecular weight excluding hydrogens is 392 g/mol. The van der Waals surface area contributed by atoms with E-state index in [1.807, 2.05) is 18.7 Å². The number of aromatic nitrogens is 1. The summed E-state index contributed by atoms with van der Waals surface area (Å²) < 4.78 is 5.82. The predicted octanol–water partition coefficient (Wildman–Crippen LogP) is 2.85. The van der Waals surface area contributed by atoms with E-state index in [0.717, 1.165) is 56.6 Å². The van der Waals surface area contributed by atoms with E-state index >= 15 is 0 Å². The summed E-state index contributed by atoms with van der Waals surface area (Å²) in [5.41, 5.74) is 0.976. The largest absolute Gasteiger partial charge is 0.440 e. The van der Waals surface area contributed by atoms with Gasteiger partial charge in [0.15, 0.2) is 0 Å². The number of oxazole rings is 1. The summed E-state index contributed by atoms with van der Waals surface area (Å²) in [6, 6.07) is 0.751. The molecule has 0 radical (unpaired) electrons. The lowest BCUT2D eigenvalue weighted by Gasteiger charge is -2.38. The zero-order valence-electron chi connectivity index (χ0n) is 19.0. The fraction of sp³-hybridized carbons (Fsp3) is 0.652. The number of hydrogen-bond donors (Lipinski definition) is 0. The Kier molecular flexibility index (Phi) is 8.97. The highest BCUT2D eigenvalue weighted by molar-refractivity contribution is 5.78. The molecule has 170 valence electrons. The molecule has 1 amide bonds. The Morgan fingerprint density at radius 3 is 2.65 bits per heavy atom. The van der Waals surface area contributed by atoms with Crippen molar-refractivity contribution in [1.29, 1.82) is 0 Å². The van der Waals surface area contributed by atoms with Gasteiger partial charge in [-0.15, -0.1) is 0 Å². The van der Waals surface area contributed by atoms with Gasteiger partial charge >= 0.3 is 0 Å². The first-order chi connectivity index (χ1) is 15.2. The minimum absolute atomic E-state index is 0.227. The van der Waals surface area contributed by atoms with Crippen molar-refractivity contribution < 1.29 is 9.21 Å². The molecule has 0 N–H and O–H groups in total. The van der Waals surface area contributed by atoms with E-state index < -0.39 is 0 Å². The van der Waals surface area contributed by atoms with Crippen LogP contribution in [-0.2, 0) is 17.8 Å². The number of carbonyl (C=O) groups excluding carboxylic acids is 1. The van der Waals surface area contributed by atoms with Gasteiger partial charge in [0.1, 0.15) is 12.1 Å². The van der Waals surface area contributed by atoms with Gasteiger partial charge < -0.3 is 9.32 Å². The van der Waals surface area contributed by atoms with Crippen molar-refractivity contribution in [3.63, 3.8) is 0 Å². The third-order valence-electron chi connectivity index (χ3n) is 6.15. The van der Waals surface area contributed by atoms with Crippen LogP contribution in [0.2, 0.25) is 0 Å². The second kappa shape index (κ2) is 11.9. The van der Waals surface area contributed by atoms with E-state index in [4.69, 9.17) is 4.42 Å². The highest BCUT2D eigenvalue weighted by Crippen LogP contribution is 2.24. The Morgan fingerprint density at radius 1 is 1.19 bits per heavy atom. The molecule has 8 nitrogen and oxygen atoms in total. The maximum Gasteiger partial charge on any atom is 0.236 e. The Labute approximate surface area is 185 Å². The van der Waals surface area contributed by atoms with Crippen molar-refractivity contribution in [3.8, 4) is 0 Å². The van der Waals surface area contributed by atoms with Gasteiger partial charge in [0.25, 0.3) is 0 Å². The first-order valence-corrected chi connectivity index (χ1v) is 11.6. The van der Waals surface area contributed by atoms with Crippen LogP contribution in [0.3, 0.4) is 0 Å². The molecule has 1 saturated carbocycles. The summed E-state index contributed by atoms with van der Waals surface area (Å²) >= 11 is 0. The van der Waals surface area contributed by atoms with Crippen LogP contribution < -0.4 is 0 Å². The maximum atomic E-state index is 12.8. The summed E-state index contributed by atoms with van der Waals surface area (Å²) in [5.74, 6) is 1.61. The van der Waals surface area contributed by atoms with Crippen LogP contribution in [-0.4, -0.2) is 84.0 Å². The van der Waals surface area contributed by atoms with Gasteiger partial charge in [-0.1, -0.05) is 26.7 Å². The van der Waals surface area contributed by atoms with Gasteiger partial charge in [0.05, 0.1) is 18.8 Å². The molecule has 0 bridgehead atoms. The van der Waals surface area contributed by atoms with Crippen LogP contribution in [0.5, 0.6) is 0 Å². The standard InChI is InChI=1S/C21H30N6O2.C2H6/c1-22-16-23-8-6-20-24-18-7-9-25(14-19(18)29-20)15-21(28)27-12-10-26(11-13-27)17-4-2-3-5-17;1-2/h6,8,16-17H,1-5,7,9-15H2;1-2H3/b8-6+,23-16?;. The van der Waals surface area contributed by atoms with Gasteiger partial charge in [0, 0.05) is 57.5 Å². The molecule has 0 unspecified atom stereocenters. The van der Waals surface area contributed by atoms with Crippen LogP contribution in [0.25, 0.3) is 6.08 Å². The Balaban J connectivity index is 0.00000132. The number of aliphatic imine (C=N–C) groups is 2. The van der Waals surface area contributed by atoms with Crippen molar-refractivity contribution in [2.75, 3.05) is 39.3 Å². The molecule has 0 atom stereocenters. The lowest BCUT2D eigenvalue weighted by atomic mass is 10.1. The lowest BCUT2D eigenvalue weighted by Crippen LogP contribution is -2.53. The predicted molar refractivity (Wildman–Crippen MR) is 124 cm³/mol. The zero-order valence-corrected chi connectivity index (χ0v) is 19.0. The molecule has 2 fully saturated rings. The first-order valence-electron chi connectivity index (χ1n) is 11.6. The minimum atomic E-state index is 0.227. The highest BCUT2D eigenvalue weighted by Gasteiger charge is 2.29. The zero-order chi connectivity index (χ0) is 22.1. The first kappa shape index (κ1) is 23.3. The van der Waals surface area contributed by atoms with Gasteiger partial charge in [-0.3, -0.25) is 19.6 Å². The third-order valence-corrected chi connectivity index (χ3v) is 6.15. The van der Waals surface area contributed by atoms with E-state index in [0.29, 0.717) is 19.0 Å². The van der Waals surface area contributed by atoms with Crippen LogP contribution >= 0.6 is 0 Å². The van der Waals surface area contributed by atoms with Crippen molar-refractivity contribution in [2.24, 2.45) is 9.98 Å². The molecule has 1 aromatic rings. The van der Waals surface area contributed by atoms with E-state index in [9.17, 15) is 4.79 Å². The fourth-order valence-electron chi connectivity index (χ4n) is 4.56. The minimum Gasteiger partial charge on any atom is -0.440 e. The highest BCUT2D eigenvalue weighted by atomic mass is 16.4. The van der Waals surface area contributed by atoms with E-state index in [2.05, 4.69) is 31.5 Å². The number of carbonyl (C=O) groups is 1. The number of piperazine rings is 1. The molecule has 0 aromatic carbocycles.